The van der Waals surface area contributed by atoms with E-state index in [-0.39, 0.29) is 5.91 Å². The second-order valence-electron chi connectivity index (χ2n) is 4.44. The molecule has 1 atom stereocenters. The number of nitrogens with zero attached hydrogens (tertiary/aromatic N) is 1. The van der Waals surface area contributed by atoms with Crippen LogP contribution in [0.15, 0.2) is 0 Å². The van der Waals surface area contributed by atoms with Crippen LogP contribution in [-0.4, -0.2) is 35.1 Å². The Bertz CT molecular complexity index is 211. The van der Waals surface area contributed by atoms with Crippen molar-refractivity contribution in [3.8, 4) is 0 Å². The minimum atomic E-state index is -0.417. The number of β-amino-alcohol motifs (C(OH)–C–C–N with tert-alkyl or cyclic N) is 1. The third-order valence-corrected chi connectivity index (χ3v) is 2.87. The van der Waals surface area contributed by atoms with Crippen LogP contribution in [0.3, 0.4) is 0 Å². The largest absolute Gasteiger partial charge is 0.391 e. The van der Waals surface area contributed by atoms with E-state index in [9.17, 15) is 9.90 Å². The van der Waals surface area contributed by atoms with Crippen molar-refractivity contribution in [2.45, 2.75) is 32.3 Å². The fourth-order valence-corrected chi connectivity index (χ4v) is 1.74. The summed E-state index contributed by atoms with van der Waals surface area (Å²) in [6.07, 6.45) is 2.37. The number of carbonyl (C=O) groups excluding carboxylic acids is 1. The summed E-state index contributed by atoms with van der Waals surface area (Å²) in [7, 11) is 0. The molecule has 1 aliphatic carbocycles. The SMILES string of the molecule is CC1(CN2CC(O)CC2=O)CC1. The minimum Gasteiger partial charge on any atom is -0.391 e. The number of amides is 1. The van der Waals surface area contributed by atoms with E-state index < -0.39 is 6.10 Å². The van der Waals surface area contributed by atoms with Crippen molar-refractivity contribution >= 4 is 5.91 Å². The van der Waals surface area contributed by atoms with Gasteiger partial charge in [0.2, 0.25) is 5.91 Å². The van der Waals surface area contributed by atoms with Crippen LogP contribution < -0.4 is 0 Å². The fraction of sp³-hybridized carbons (Fsp3) is 0.889. The molecule has 3 heteroatoms. The first-order valence-corrected chi connectivity index (χ1v) is 4.55. The van der Waals surface area contributed by atoms with Crippen LogP contribution in [0.4, 0.5) is 0 Å². The smallest absolute Gasteiger partial charge is 0.225 e. The molecule has 0 spiro atoms. The number of aliphatic hydroxyl groups is 1. The molecule has 12 heavy (non-hydrogen) atoms. The van der Waals surface area contributed by atoms with Crippen LogP contribution in [0.5, 0.6) is 0 Å². The Hall–Kier alpha value is -0.570. The minimum absolute atomic E-state index is 0.121. The fourth-order valence-electron chi connectivity index (χ4n) is 1.74. The molecular weight excluding hydrogens is 154 g/mol. The molecule has 0 aromatic heterocycles. The van der Waals surface area contributed by atoms with Crippen LogP contribution in [0, 0.1) is 5.41 Å². The Balaban J connectivity index is 1.92. The summed E-state index contributed by atoms with van der Waals surface area (Å²) in [4.78, 5) is 13.1. The molecule has 1 unspecified atom stereocenters. The van der Waals surface area contributed by atoms with Crippen molar-refractivity contribution < 1.29 is 9.90 Å². The van der Waals surface area contributed by atoms with Gasteiger partial charge in [-0.2, -0.15) is 0 Å². The number of likely N-dealkylation sites (tertiary alicyclic amines) is 1. The van der Waals surface area contributed by atoms with E-state index in [1.54, 1.807) is 4.90 Å². The van der Waals surface area contributed by atoms with Crippen molar-refractivity contribution in [1.82, 2.24) is 4.90 Å². The van der Waals surface area contributed by atoms with Crippen molar-refractivity contribution in [1.29, 1.82) is 0 Å². The molecule has 1 aliphatic heterocycles. The van der Waals surface area contributed by atoms with E-state index in [0.717, 1.165) is 6.54 Å². The average molecular weight is 169 g/mol. The first-order chi connectivity index (χ1) is 5.59. The molecule has 0 radical (unpaired) electrons. The van der Waals surface area contributed by atoms with Gasteiger partial charge in [-0.3, -0.25) is 4.79 Å². The van der Waals surface area contributed by atoms with E-state index in [2.05, 4.69) is 6.92 Å². The Morgan fingerprint density at radius 1 is 1.67 bits per heavy atom. The van der Waals surface area contributed by atoms with Gasteiger partial charge in [0.25, 0.3) is 0 Å². The Kier molecular flexibility index (Phi) is 1.65. The molecule has 0 aromatic carbocycles. The molecule has 68 valence electrons. The normalized spacial score (nSPS) is 32.7. The lowest BCUT2D eigenvalue weighted by Gasteiger charge is -2.19. The molecule has 1 saturated heterocycles. The quantitative estimate of drug-likeness (QED) is 0.649. The van der Waals surface area contributed by atoms with E-state index in [4.69, 9.17) is 0 Å². The molecule has 2 fully saturated rings. The van der Waals surface area contributed by atoms with Gasteiger partial charge in [-0.05, 0) is 18.3 Å². The standard InChI is InChI=1S/C9H15NO2/c1-9(2-3-9)6-10-5-7(11)4-8(10)12/h7,11H,2-6H2,1H3. The molecule has 3 nitrogen and oxygen atoms in total. The highest BCUT2D eigenvalue weighted by Gasteiger charge is 2.41. The third kappa shape index (κ3) is 1.46. The zero-order valence-corrected chi connectivity index (χ0v) is 7.42. The second kappa shape index (κ2) is 2.46. The summed E-state index contributed by atoms with van der Waals surface area (Å²) >= 11 is 0. The zero-order valence-electron chi connectivity index (χ0n) is 7.42. The van der Waals surface area contributed by atoms with E-state index >= 15 is 0 Å². The Morgan fingerprint density at radius 2 is 2.33 bits per heavy atom. The van der Waals surface area contributed by atoms with Crippen LogP contribution in [0.2, 0.25) is 0 Å². The van der Waals surface area contributed by atoms with Crippen molar-refractivity contribution in [3.63, 3.8) is 0 Å². The predicted molar refractivity (Wildman–Crippen MR) is 44.5 cm³/mol. The summed E-state index contributed by atoms with van der Waals surface area (Å²) in [6.45, 7) is 3.60. The summed E-state index contributed by atoms with van der Waals surface area (Å²) < 4.78 is 0. The van der Waals surface area contributed by atoms with E-state index in [0.29, 0.717) is 18.4 Å². The zero-order chi connectivity index (χ0) is 8.77. The van der Waals surface area contributed by atoms with Crippen molar-refractivity contribution in [2.24, 2.45) is 5.41 Å². The number of aliphatic hydroxyl groups excluding tert-OH is 1. The van der Waals surface area contributed by atoms with Gasteiger partial charge in [0.05, 0.1) is 12.5 Å². The summed E-state index contributed by atoms with van der Waals surface area (Å²) in [5, 5.41) is 9.22. The van der Waals surface area contributed by atoms with Crippen LogP contribution >= 0.6 is 0 Å². The van der Waals surface area contributed by atoms with Gasteiger partial charge in [-0.1, -0.05) is 6.92 Å². The first kappa shape index (κ1) is 8.05. The monoisotopic (exact) mass is 169 g/mol. The summed E-state index contributed by atoms with van der Waals surface area (Å²) in [6, 6.07) is 0. The number of hydrogen-bond acceptors (Lipinski definition) is 2. The lowest BCUT2D eigenvalue weighted by molar-refractivity contribution is -0.128. The summed E-state index contributed by atoms with van der Waals surface area (Å²) in [5.41, 5.74) is 0.375. The van der Waals surface area contributed by atoms with Gasteiger partial charge in [0, 0.05) is 13.1 Å². The predicted octanol–water partition coefficient (Wildman–Crippen LogP) is 0.380. The number of rotatable bonds is 2. The lowest BCUT2D eigenvalue weighted by atomic mass is 10.1. The molecule has 0 aromatic rings. The Labute approximate surface area is 72.4 Å². The van der Waals surface area contributed by atoms with Gasteiger partial charge in [0.1, 0.15) is 0 Å². The van der Waals surface area contributed by atoms with E-state index in [1.165, 1.54) is 12.8 Å². The van der Waals surface area contributed by atoms with Crippen molar-refractivity contribution in [2.75, 3.05) is 13.1 Å². The maximum Gasteiger partial charge on any atom is 0.225 e. The number of carbonyl (C=O) groups is 1. The highest BCUT2D eigenvalue weighted by atomic mass is 16.3. The third-order valence-electron chi connectivity index (χ3n) is 2.87. The highest BCUT2D eigenvalue weighted by Crippen LogP contribution is 2.45. The lowest BCUT2D eigenvalue weighted by Crippen LogP contribution is -2.31. The number of hydrogen-bond donors (Lipinski definition) is 1. The molecule has 2 rings (SSSR count). The van der Waals surface area contributed by atoms with Gasteiger partial charge in [-0.25, -0.2) is 0 Å². The molecule has 1 amide bonds. The molecule has 2 aliphatic rings. The van der Waals surface area contributed by atoms with E-state index in [1.807, 2.05) is 0 Å². The highest BCUT2D eigenvalue weighted by molar-refractivity contribution is 5.79. The molecule has 1 N–H and O–H groups in total. The molecule has 0 bridgehead atoms. The van der Waals surface area contributed by atoms with Crippen LogP contribution in [0.25, 0.3) is 0 Å². The van der Waals surface area contributed by atoms with Crippen molar-refractivity contribution in [3.05, 3.63) is 0 Å². The van der Waals surface area contributed by atoms with Crippen LogP contribution in [-0.2, 0) is 4.79 Å². The average Bonchev–Trinajstić information content (AvgIpc) is 2.58. The first-order valence-electron chi connectivity index (χ1n) is 4.55. The molecular formula is C9H15NO2. The molecule has 1 heterocycles. The van der Waals surface area contributed by atoms with Gasteiger partial charge in [-0.15, -0.1) is 0 Å². The van der Waals surface area contributed by atoms with Crippen LogP contribution in [0.1, 0.15) is 26.2 Å². The second-order valence-corrected chi connectivity index (χ2v) is 4.44. The summed E-state index contributed by atoms with van der Waals surface area (Å²) in [5.74, 6) is 0.121. The Morgan fingerprint density at radius 3 is 2.75 bits per heavy atom. The van der Waals surface area contributed by atoms with Gasteiger partial charge >= 0.3 is 0 Å². The topological polar surface area (TPSA) is 40.5 Å². The van der Waals surface area contributed by atoms with Gasteiger partial charge in [0.15, 0.2) is 0 Å². The van der Waals surface area contributed by atoms with Gasteiger partial charge < -0.3 is 10.0 Å². The maximum absolute atomic E-state index is 11.3. The maximum atomic E-state index is 11.3. The molecule has 1 saturated carbocycles.